The van der Waals surface area contributed by atoms with Gasteiger partial charge in [0, 0.05) is 19.1 Å². The second-order valence-electron chi connectivity index (χ2n) is 7.23. The van der Waals surface area contributed by atoms with Gasteiger partial charge in [-0.3, -0.25) is 4.90 Å². The first-order chi connectivity index (χ1) is 10.3. The topological polar surface area (TPSA) is 29.3 Å². The van der Waals surface area contributed by atoms with Crippen LogP contribution in [0, 0.1) is 11.8 Å². The Morgan fingerprint density at radius 1 is 1.19 bits per heavy atom. The van der Waals surface area contributed by atoms with Crippen molar-refractivity contribution in [1.82, 2.24) is 4.90 Å². The van der Waals surface area contributed by atoms with Gasteiger partial charge in [0.05, 0.1) is 0 Å². The molecule has 2 aliphatic rings. The number of likely N-dealkylation sites (tertiary alicyclic amines) is 1. The highest BCUT2D eigenvalue weighted by molar-refractivity contribution is 5.21. The highest BCUT2D eigenvalue weighted by Gasteiger charge is 2.34. The molecule has 1 heterocycles. The van der Waals surface area contributed by atoms with Gasteiger partial charge in [0.25, 0.3) is 0 Å². The molecule has 0 amide bonds. The second kappa shape index (κ2) is 6.93. The molecular weight excluding hydrogens is 256 g/mol. The van der Waals surface area contributed by atoms with E-state index >= 15 is 0 Å². The van der Waals surface area contributed by atoms with E-state index in [0.29, 0.717) is 12.0 Å². The van der Waals surface area contributed by atoms with Crippen LogP contribution in [0.15, 0.2) is 30.3 Å². The Hall–Kier alpha value is -0.860. The van der Waals surface area contributed by atoms with Crippen molar-refractivity contribution >= 4 is 0 Å². The molecule has 4 unspecified atom stereocenters. The molecule has 1 aliphatic carbocycles. The van der Waals surface area contributed by atoms with Crippen LogP contribution in [0.2, 0.25) is 0 Å². The lowest BCUT2D eigenvalue weighted by molar-refractivity contribution is 0.128. The second-order valence-corrected chi connectivity index (χ2v) is 7.23. The van der Waals surface area contributed by atoms with E-state index in [4.69, 9.17) is 5.73 Å². The molecule has 116 valence electrons. The highest BCUT2D eigenvalue weighted by Crippen LogP contribution is 2.36. The standard InChI is InChI=1S/C19H30N2/c1-15-6-5-9-17(12-15)19(13-20)21-11-10-18(14-21)16-7-3-2-4-8-16/h2-4,7-8,15,17-19H,5-6,9-14,20H2,1H3. The SMILES string of the molecule is CC1CCCC(C(CN)N2CCC(c3ccccc3)C2)C1. The molecule has 2 N–H and O–H groups in total. The molecule has 1 saturated heterocycles. The molecule has 0 aromatic heterocycles. The van der Waals surface area contributed by atoms with Gasteiger partial charge in [0.15, 0.2) is 0 Å². The molecule has 1 aromatic carbocycles. The van der Waals surface area contributed by atoms with Crippen LogP contribution in [0.3, 0.4) is 0 Å². The van der Waals surface area contributed by atoms with Crippen molar-refractivity contribution in [2.75, 3.05) is 19.6 Å². The van der Waals surface area contributed by atoms with Crippen LogP contribution in [-0.4, -0.2) is 30.6 Å². The van der Waals surface area contributed by atoms with E-state index in [2.05, 4.69) is 42.2 Å². The summed E-state index contributed by atoms with van der Waals surface area (Å²) >= 11 is 0. The van der Waals surface area contributed by atoms with Crippen LogP contribution in [0.25, 0.3) is 0 Å². The fraction of sp³-hybridized carbons (Fsp3) is 0.684. The van der Waals surface area contributed by atoms with E-state index in [0.717, 1.165) is 18.4 Å². The maximum atomic E-state index is 6.17. The fourth-order valence-electron chi connectivity index (χ4n) is 4.56. The maximum absolute atomic E-state index is 6.17. The van der Waals surface area contributed by atoms with Crippen LogP contribution < -0.4 is 5.73 Å². The van der Waals surface area contributed by atoms with Gasteiger partial charge in [0.1, 0.15) is 0 Å². The molecule has 2 heteroatoms. The van der Waals surface area contributed by atoms with Crippen LogP contribution in [0.5, 0.6) is 0 Å². The lowest BCUT2D eigenvalue weighted by Gasteiger charge is -2.38. The third kappa shape index (κ3) is 3.49. The minimum absolute atomic E-state index is 0.612. The van der Waals surface area contributed by atoms with Gasteiger partial charge in [-0.2, -0.15) is 0 Å². The van der Waals surface area contributed by atoms with Crippen molar-refractivity contribution in [2.45, 2.75) is 51.0 Å². The summed E-state index contributed by atoms with van der Waals surface area (Å²) in [5.74, 6) is 2.43. The zero-order chi connectivity index (χ0) is 14.7. The largest absolute Gasteiger partial charge is 0.329 e. The Labute approximate surface area is 129 Å². The molecule has 2 fully saturated rings. The van der Waals surface area contributed by atoms with Crippen LogP contribution in [-0.2, 0) is 0 Å². The van der Waals surface area contributed by atoms with E-state index in [1.807, 2.05) is 0 Å². The molecule has 1 saturated carbocycles. The summed E-state index contributed by atoms with van der Waals surface area (Å²) in [6.45, 7) is 5.68. The van der Waals surface area contributed by atoms with Crippen LogP contribution >= 0.6 is 0 Å². The number of nitrogens with two attached hydrogens (primary N) is 1. The van der Waals surface area contributed by atoms with Gasteiger partial charge in [-0.05, 0) is 49.1 Å². The van der Waals surface area contributed by atoms with E-state index in [1.165, 1.54) is 50.8 Å². The minimum Gasteiger partial charge on any atom is -0.329 e. The van der Waals surface area contributed by atoms with Crippen molar-refractivity contribution in [3.63, 3.8) is 0 Å². The Morgan fingerprint density at radius 2 is 2.00 bits per heavy atom. The summed E-state index contributed by atoms with van der Waals surface area (Å²) < 4.78 is 0. The summed E-state index contributed by atoms with van der Waals surface area (Å²) in [6, 6.07) is 11.6. The number of hydrogen-bond acceptors (Lipinski definition) is 2. The normalized spacial score (nSPS) is 32.2. The summed E-state index contributed by atoms with van der Waals surface area (Å²) in [4.78, 5) is 2.69. The van der Waals surface area contributed by atoms with Crippen LogP contribution in [0.1, 0.15) is 50.5 Å². The number of nitrogens with zero attached hydrogens (tertiary/aromatic N) is 1. The lowest BCUT2D eigenvalue weighted by atomic mass is 9.78. The third-order valence-electron chi connectivity index (χ3n) is 5.72. The van der Waals surface area contributed by atoms with Crippen molar-refractivity contribution < 1.29 is 0 Å². The lowest BCUT2D eigenvalue weighted by Crippen LogP contribution is -2.45. The zero-order valence-corrected chi connectivity index (χ0v) is 13.4. The van der Waals surface area contributed by atoms with Crippen molar-refractivity contribution in [1.29, 1.82) is 0 Å². The summed E-state index contributed by atoms with van der Waals surface area (Å²) in [5, 5.41) is 0. The Bertz CT molecular complexity index is 430. The van der Waals surface area contributed by atoms with Crippen LogP contribution in [0.4, 0.5) is 0 Å². The Balaban J connectivity index is 1.63. The molecule has 1 aromatic rings. The summed E-state index contributed by atoms with van der Waals surface area (Å²) in [7, 11) is 0. The van der Waals surface area contributed by atoms with Gasteiger partial charge < -0.3 is 5.73 Å². The average molecular weight is 286 g/mol. The predicted octanol–water partition coefficient (Wildman–Crippen LogP) is 3.63. The molecule has 21 heavy (non-hydrogen) atoms. The van der Waals surface area contributed by atoms with Crippen molar-refractivity contribution in [3.05, 3.63) is 35.9 Å². The zero-order valence-electron chi connectivity index (χ0n) is 13.4. The maximum Gasteiger partial charge on any atom is 0.0246 e. The number of benzene rings is 1. The molecule has 3 rings (SSSR count). The van der Waals surface area contributed by atoms with Crippen molar-refractivity contribution in [3.8, 4) is 0 Å². The molecule has 0 radical (unpaired) electrons. The molecular formula is C19H30N2. The van der Waals surface area contributed by atoms with Crippen molar-refractivity contribution in [2.24, 2.45) is 17.6 Å². The van der Waals surface area contributed by atoms with Gasteiger partial charge >= 0.3 is 0 Å². The number of hydrogen-bond donors (Lipinski definition) is 1. The van der Waals surface area contributed by atoms with E-state index < -0.39 is 0 Å². The minimum atomic E-state index is 0.612. The molecule has 0 spiro atoms. The first kappa shape index (κ1) is 15.1. The Kier molecular flexibility index (Phi) is 4.97. The molecule has 1 aliphatic heterocycles. The average Bonchev–Trinajstić information content (AvgIpc) is 2.99. The van der Waals surface area contributed by atoms with E-state index in [1.54, 1.807) is 0 Å². The molecule has 0 bridgehead atoms. The smallest absolute Gasteiger partial charge is 0.0246 e. The monoisotopic (exact) mass is 286 g/mol. The fourth-order valence-corrected chi connectivity index (χ4v) is 4.56. The summed E-state index contributed by atoms with van der Waals surface area (Å²) in [5.41, 5.74) is 7.68. The van der Waals surface area contributed by atoms with Gasteiger partial charge in [-0.1, -0.05) is 50.1 Å². The van der Waals surface area contributed by atoms with Gasteiger partial charge in [-0.15, -0.1) is 0 Å². The van der Waals surface area contributed by atoms with E-state index in [9.17, 15) is 0 Å². The number of rotatable bonds is 4. The van der Waals surface area contributed by atoms with E-state index in [-0.39, 0.29) is 0 Å². The van der Waals surface area contributed by atoms with Gasteiger partial charge in [-0.25, -0.2) is 0 Å². The third-order valence-corrected chi connectivity index (χ3v) is 5.72. The first-order valence-corrected chi connectivity index (χ1v) is 8.77. The first-order valence-electron chi connectivity index (χ1n) is 8.77. The van der Waals surface area contributed by atoms with Gasteiger partial charge in [0.2, 0.25) is 0 Å². The summed E-state index contributed by atoms with van der Waals surface area (Å²) in [6.07, 6.45) is 6.88. The Morgan fingerprint density at radius 3 is 2.71 bits per heavy atom. The predicted molar refractivity (Wildman–Crippen MR) is 89.3 cm³/mol. The highest BCUT2D eigenvalue weighted by atomic mass is 15.2. The quantitative estimate of drug-likeness (QED) is 0.916. The molecule has 2 nitrogen and oxygen atoms in total. The molecule has 4 atom stereocenters.